The van der Waals surface area contributed by atoms with Crippen molar-refractivity contribution in [3.63, 3.8) is 0 Å². The maximum atomic E-state index is 12.3. The van der Waals surface area contributed by atoms with Crippen molar-refractivity contribution in [2.75, 3.05) is 18.5 Å². The predicted molar refractivity (Wildman–Crippen MR) is 109 cm³/mol. The molecule has 2 aromatic carbocycles. The molecule has 0 saturated carbocycles. The molecule has 0 atom stereocenters. The summed E-state index contributed by atoms with van der Waals surface area (Å²) in [5, 5.41) is 2.84. The van der Waals surface area contributed by atoms with Crippen LogP contribution in [0.2, 0.25) is 0 Å². The van der Waals surface area contributed by atoms with Gasteiger partial charge in [0.25, 0.3) is 5.91 Å². The Morgan fingerprint density at radius 1 is 1.12 bits per heavy atom. The number of para-hydroxylation sites is 2. The fourth-order valence-electron chi connectivity index (χ4n) is 2.33. The molecule has 0 radical (unpaired) electrons. The SMILES string of the molecule is C=C(C)COc1ccccc1NC(=O)COc1ccc(Br)cc1C(C)C. The van der Waals surface area contributed by atoms with Crippen LogP contribution in [0, 0.1) is 0 Å². The van der Waals surface area contributed by atoms with Crippen molar-refractivity contribution in [2.24, 2.45) is 0 Å². The van der Waals surface area contributed by atoms with Gasteiger partial charge in [0.1, 0.15) is 18.1 Å². The molecular formula is C21H24BrNO3. The van der Waals surface area contributed by atoms with Gasteiger partial charge in [-0.3, -0.25) is 4.79 Å². The van der Waals surface area contributed by atoms with Crippen LogP contribution in [0.5, 0.6) is 11.5 Å². The molecule has 0 spiro atoms. The molecule has 2 aromatic rings. The van der Waals surface area contributed by atoms with Gasteiger partial charge in [0.2, 0.25) is 0 Å². The highest BCUT2D eigenvalue weighted by Crippen LogP contribution is 2.29. The van der Waals surface area contributed by atoms with E-state index in [-0.39, 0.29) is 12.5 Å². The highest BCUT2D eigenvalue weighted by Gasteiger charge is 2.12. The fraction of sp³-hybridized carbons (Fsp3) is 0.286. The first-order valence-corrected chi connectivity index (χ1v) is 9.24. The largest absolute Gasteiger partial charge is 0.487 e. The molecule has 0 aliphatic heterocycles. The van der Waals surface area contributed by atoms with Crippen LogP contribution in [-0.4, -0.2) is 19.1 Å². The Balaban J connectivity index is 2.01. The van der Waals surface area contributed by atoms with Gasteiger partial charge < -0.3 is 14.8 Å². The first-order valence-electron chi connectivity index (χ1n) is 8.45. The zero-order valence-electron chi connectivity index (χ0n) is 15.3. The molecule has 1 N–H and O–H groups in total. The number of hydrogen-bond acceptors (Lipinski definition) is 3. The molecule has 0 aliphatic rings. The number of carbonyl (C=O) groups is 1. The second-order valence-corrected chi connectivity index (χ2v) is 7.33. The summed E-state index contributed by atoms with van der Waals surface area (Å²) < 4.78 is 12.4. The van der Waals surface area contributed by atoms with E-state index in [1.54, 1.807) is 6.07 Å². The summed E-state index contributed by atoms with van der Waals surface area (Å²) in [5.41, 5.74) is 2.57. The third-order valence-corrected chi connectivity index (χ3v) is 4.08. The van der Waals surface area contributed by atoms with Gasteiger partial charge >= 0.3 is 0 Å². The number of ether oxygens (including phenoxy) is 2. The summed E-state index contributed by atoms with van der Waals surface area (Å²) in [5.74, 6) is 1.37. The van der Waals surface area contributed by atoms with Crippen LogP contribution in [0.15, 0.2) is 59.1 Å². The second-order valence-electron chi connectivity index (χ2n) is 6.42. The first kappa shape index (κ1) is 20.0. The van der Waals surface area contributed by atoms with E-state index < -0.39 is 0 Å². The van der Waals surface area contributed by atoms with Gasteiger partial charge in [-0.15, -0.1) is 0 Å². The average molecular weight is 418 g/mol. The van der Waals surface area contributed by atoms with Crippen molar-refractivity contribution in [1.82, 2.24) is 0 Å². The van der Waals surface area contributed by atoms with Crippen LogP contribution in [-0.2, 0) is 4.79 Å². The topological polar surface area (TPSA) is 47.6 Å². The number of nitrogens with one attached hydrogen (secondary N) is 1. The van der Waals surface area contributed by atoms with Crippen molar-refractivity contribution in [3.8, 4) is 11.5 Å². The van der Waals surface area contributed by atoms with E-state index >= 15 is 0 Å². The molecule has 2 rings (SSSR count). The van der Waals surface area contributed by atoms with Crippen molar-refractivity contribution in [3.05, 3.63) is 64.7 Å². The lowest BCUT2D eigenvalue weighted by Crippen LogP contribution is -2.21. The summed E-state index contributed by atoms with van der Waals surface area (Å²) in [4.78, 5) is 12.3. The fourth-order valence-corrected chi connectivity index (χ4v) is 2.71. The average Bonchev–Trinajstić information content (AvgIpc) is 2.59. The van der Waals surface area contributed by atoms with E-state index in [1.165, 1.54) is 0 Å². The third-order valence-electron chi connectivity index (χ3n) is 3.59. The van der Waals surface area contributed by atoms with Crippen LogP contribution in [0.4, 0.5) is 5.69 Å². The Kier molecular flexibility index (Phi) is 7.27. The van der Waals surface area contributed by atoms with Crippen LogP contribution < -0.4 is 14.8 Å². The predicted octanol–water partition coefficient (Wildman–Crippen LogP) is 5.54. The molecule has 26 heavy (non-hydrogen) atoms. The van der Waals surface area contributed by atoms with Gasteiger partial charge in [0, 0.05) is 4.47 Å². The van der Waals surface area contributed by atoms with Gasteiger partial charge in [-0.1, -0.05) is 48.5 Å². The minimum Gasteiger partial charge on any atom is -0.487 e. The molecule has 0 fully saturated rings. The summed E-state index contributed by atoms with van der Waals surface area (Å²) in [6, 6.07) is 13.1. The van der Waals surface area contributed by atoms with Gasteiger partial charge in [-0.25, -0.2) is 0 Å². The standard InChI is InChI=1S/C21H24BrNO3/c1-14(2)12-25-20-8-6-5-7-18(20)23-21(24)13-26-19-10-9-16(22)11-17(19)15(3)4/h5-11,15H,1,12-13H2,2-4H3,(H,23,24). The Labute approximate surface area is 163 Å². The van der Waals surface area contributed by atoms with E-state index in [9.17, 15) is 4.79 Å². The summed E-state index contributed by atoms with van der Waals surface area (Å²) in [6.45, 7) is 10.2. The molecule has 0 heterocycles. The molecule has 0 aromatic heterocycles. The van der Waals surface area contributed by atoms with E-state index in [2.05, 4.69) is 41.7 Å². The van der Waals surface area contributed by atoms with Gasteiger partial charge in [0.05, 0.1) is 5.69 Å². The first-order chi connectivity index (χ1) is 12.4. The summed E-state index contributed by atoms with van der Waals surface area (Å²) in [7, 11) is 0. The smallest absolute Gasteiger partial charge is 0.262 e. The molecule has 138 valence electrons. The molecule has 5 heteroatoms. The highest BCUT2D eigenvalue weighted by atomic mass is 79.9. The number of rotatable bonds is 8. The van der Waals surface area contributed by atoms with Crippen LogP contribution in [0.3, 0.4) is 0 Å². The van der Waals surface area contributed by atoms with E-state index in [0.29, 0.717) is 29.7 Å². The highest BCUT2D eigenvalue weighted by molar-refractivity contribution is 9.10. The van der Waals surface area contributed by atoms with Crippen molar-refractivity contribution < 1.29 is 14.3 Å². The molecule has 0 aliphatic carbocycles. The van der Waals surface area contributed by atoms with Crippen molar-refractivity contribution >= 4 is 27.5 Å². The lowest BCUT2D eigenvalue weighted by molar-refractivity contribution is -0.118. The van der Waals surface area contributed by atoms with Crippen molar-refractivity contribution in [1.29, 1.82) is 0 Å². The Hall–Kier alpha value is -2.27. The Morgan fingerprint density at radius 3 is 2.50 bits per heavy atom. The minimum absolute atomic E-state index is 0.0732. The molecule has 0 unspecified atom stereocenters. The second kappa shape index (κ2) is 9.43. The van der Waals surface area contributed by atoms with E-state index in [4.69, 9.17) is 9.47 Å². The van der Waals surface area contributed by atoms with Crippen LogP contribution in [0.1, 0.15) is 32.3 Å². The van der Waals surface area contributed by atoms with Crippen molar-refractivity contribution in [2.45, 2.75) is 26.7 Å². The van der Waals surface area contributed by atoms with Crippen LogP contribution in [0.25, 0.3) is 0 Å². The third kappa shape index (κ3) is 5.92. The molecular weight excluding hydrogens is 394 g/mol. The Morgan fingerprint density at radius 2 is 1.81 bits per heavy atom. The lowest BCUT2D eigenvalue weighted by atomic mass is 10.0. The molecule has 1 amide bonds. The molecule has 4 nitrogen and oxygen atoms in total. The summed E-state index contributed by atoms with van der Waals surface area (Å²) >= 11 is 3.47. The van der Waals surface area contributed by atoms with E-state index in [1.807, 2.05) is 43.3 Å². The number of carbonyl (C=O) groups excluding carboxylic acids is 1. The number of hydrogen-bond donors (Lipinski definition) is 1. The monoisotopic (exact) mass is 417 g/mol. The van der Waals surface area contributed by atoms with Gasteiger partial charge in [-0.05, 0) is 54.3 Å². The van der Waals surface area contributed by atoms with Gasteiger partial charge in [-0.2, -0.15) is 0 Å². The number of benzene rings is 2. The number of halogens is 1. The maximum Gasteiger partial charge on any atom is 0.262 e. The van der Waals surface area contributed by atoms with Gasteiger partial charge in [0.15, 0.2) is 6.61 Å². The molecule has 0 bridgehead atoms. The zero-order chi connectivity index (χ0) is 19.1. The number of anilines is 1. The quantitative estimate of drug-likeness (QED) is 0.573. The minimum atomic E-state index is -0.242. The van der Waals surface area contributed by atoms with Crippen LogP contribution >= 0.6 is 15.9 Å². The van der Waals surface area contributed by atoms with E-state index in [0.717, 1.165) is 15.6 Å². The lowest BCUT2D eigenvalue weighted by Gasteiger charge is -2.15. The number of amides is 1. The Bertz CT molecular complexity index is 787. The normalized spacial score (nSPS) is 10.5. The summed E-state index contributed by atoms with van der Waals surface area (Å²) in [6.07, 6.45) is 0. The zero-order valence-corrected chi connectivity index (χ0v) is 16.9. The maximum absolute atomic E-state index is 12.3. The molecule has 0 saturated heterocycles.